The third-order valence-corrected chi connectivity index (χ3v) is 4.94. The van der Waals surface area contributed by atoms with Crippen molar-refractivity contribution in [1.82, 2.24) is 19.8 Å². The number of methoxy groups -OCH3 is 1. The fourth-order valence-corrected chi connectivity index (χ4v) is 3.36. The average Bonchev–Trinajstić information content (AvgIpc) is 2.95. The van der Waals surface area contributed by atoms with Gasteiger partial charge < -0.3 is 25.6 Å². The Morgan fingerprint density at radius 1 is 1.25 bits per heavy atom. The Labute approximate surface area is 163 Å². The molecule has 0 aliphatic carbocycles. The van der Waals surface area contributed by atoms with Crippen molar-refractivity contribution in [3.8, 4) is 6.01 Å². The Balaban J connectivity index is 1.58. The molecule has 0 amide bonds. The average molecular weight is 386 g/mol. The van der Waals surface area contributed by atoms with Crippen LogP contribution < -0.4 is 21.9 Å². The molecule has 4 N–H and O–H groups in total. The van der Waals surface area contributed by atoms with Gasteiger partial charge in [-0.15, -0.1) is 0 Å². The first-order valence-electron chi connectivity index (χ1n) is 9.44. The zero-order chi connectivity index (χ0) is 19.5. The fourth-order valence-electron chi connectivity index (χ4n) is 3.36. The molecule has 9 nitrogen and oxygen atoms in total. The summed E-state index contributed by atoms with van der Waals surface area (Å²) in [6.07, 6.45) is 0.630. The summed E-state index contributed by atoms with van der Waals surface area (Å²) in [6, 6.07) is 8.24. The number of rotatable bonds is 8. The lowest BCUT2D eigenvalue weighted by molar-refractivity contribution is 0.00923. The molecule has 1 aromatic carbocycles. The SMILES string of the molecule is COCCOC1N=c2c(nc(O)n2Cc2cccc(CN3CCC3)c2)=C(N)N1. The van der Waals surface area contributed by atoms with Crippen LogP contribution in [0.15, 0.2) is 29.3 Å². The highest BCUT2D eigenvalue weighted by Gasteiger charge is 2.19. The van der Waals surface area contributed by atoms with E-state index in [1.165, 1.54) is 12.0 Å². The van der Waals surface area contributed by atoms with Gasteiger partial charge in [-0.3, -0.25) is 9.47 Å². The van der Waals surface area contributed by atoms with Crippen LogP contribution in [0.4, 0.5) is 0 Å². The monoisotopic (exact) mass is 386 g/mol. The number of nitrogens with one attached hydrogen (secondary N) is 1. The maximum Gasteiger partial charge on any atom is 0.296 e. The number of fused-ring (bicyclic) bond motifs is 1. The molecule has 1 unspecified atom stereocenters. The molecule has 28 heavy (non-hydrogen) atoms. The molecule has 150 valence electrons. The van der Waals surface area contributed by atoms with Crippen LogP contribution in [0.3, 0.4) is 0 Å². The maximum atomic E-state index is 10.4. The molecule has 2 aliphatic rings. The highest BCUT2D eigenvalue weighted by Crippen LogP contribution is 2.15. The molecule has 2 aromatic rings. The van der Waals surface area contributed by atoms with Gasteiger partial charge >= 0.3 is 0 Å². The van der Waals surface area contributed by atoms with E-state index in [1.807, 2.05) is 12.1 Å². The van der Waals surface area contributed by atoms with Gasteiger partial charge in [-0.2, -0.15) is 4.98 Å². The van der Waals surface area contributed by atoms with Gasteiger partial charge in [-0.25, -0.2) is 4.99 Å². The van der Waals surface area contributed by atoms with E-state index in [0.717, 1.165) is 25.2 Å². The molecule has 3 heterocycles. The summed E-state index contributed by atoms with van der Waals surface area (Å²) in [6.45, 7) is 4.54. The van der Waals surface area contributed by atoms with Crippen molar-refractivity contribution in [2.45, 2.75) is 25.9 Å². The smallest absolute Gasteiger partial charge is 0.296 e. The van der Waals surface area contributed by atoms with Gasteiger partial charge in [-0.05, 0) is 30.6 Å². The Bertz CT molecular complexity index is 953. The van der Waals surface area contributed by atoms with Crippen LogP contribution in [0.1, 0.15) is 17.5 Å². The molecular weight excluding hydrogens is 360 g/mol. The minimum Gasteiger partial charge on any atom is -0.480 e. The first-order chi connectivity index (χ1) is 13.6. The van der Waals surface area contributed by atoms with Crippen molar-refractivity contribution in [2.24, 2.45) is 10.7 Å². The van der Waals surface area contributed by atoms with E-state index in [-0.39, 0.29) is 6.01 Å². The Hall–Kier alpha value is -2.62. The van der Waals surface area contributed by atoms with Crippen LogP contribution in [-0.2, 0) is 22.6 Å². The molecule has 1 saturated heterocycles. The predicted molar refractivity (Wildman–Crippen MR) is 102 cm³/mol. The zero-order valence-electron chi connectivity index (χ0n) is 16.0. The van der Waals surface area contributed by atoms with E-state index in [9.17, 15) is 5.11 Å². The molecule has 0 bridgehead atoms. The predicted octanol–water partition coefficient (Wildman–Crippen LogP) is -0.963. The molecule has 4 rings (SSSR count). The van der Waals surface area contributed by atoms with Crippen molar-refractivity contribution in [2.75, 3.05) is 33.4 Å². The van der Waals surface area contributed by atoms with E-state index >= 15 is 0 Å². The van der Waals surface area contributed by atoms with Crippen molar-refractivity contribution in [3.63, 3.8) is 0 Å². The van der Waals surface area contributed by atoms with Crippen LogP contribution in [0.2, 0.25) is 0 Å². The first-order valence-corrected chi connectivity index (χ1v) is 9.44. The van der Waals surface area contributed by atoms with Gasteiger partial charge in [0.2, 0.25) is 6.35 Å². The van der Waals surface area contributed by atoms with E-state index in [4.69, 9.17) is 15.2 Å². The topological polar surface area (TPSA) is 110 Å². The number of likely N-dealkylation sites (tertiary alicyclic amines) is 1. The number of imidazole rings is 1. The number of hydrogen-bond donors (Lipinski definition) is 3. The minimum atomic E-state index is -0.643. The quantitative estimate of drug-likeness (QED) is 0.501. The number of ether oxygens (including phenoxy) is 2. The standard InChI is InChI=1S/C19H26N6O3/c1-27-8-9-28-18-22-16(20)15-17(23-18)25(19(26)21-15)12-14-5-2-4-13(10-14)11-24-6-3-7-24/h2,4-5,10,18,22H,3,6-9,11-12,20H2,1H3,(H,21,26). The number of hydrogen-bond acceptors (Lipinski definition) is 8. The summed E-state index contributed by atoms with van der Waals surface area (Å²) in [5.41, 5.74) is 8.89. The first kappa shape index (κ1) is 18.7. The van der Waals surface area contributed by atoms with Gasteiger partial charge in [0.15, 0.2) is 10.8 Å². The van der Waals surface area contributed by atoms with Crippen molar-refractivity contribution in [1.29, 1.82) is 0 Å². The zero-order valence-corrected chi connectivity index (χ0v) is 16.0. The summed E-state index contributed by atoms with van der Waals surface area (Å²) in [4.78, 5) is 11.1. The second kappa shape index (κ2) is 8.17. The minimum absolute atomic E-state index is 0.121. The van der Waals surface area contributed by atoms with Gasteiger partial charge in [0.25, 0.3) is 6.01 Å². The number of nitrogens with zero attached hydrogens (tertiary/aromatic N) is 4. The largest absolute Gasteiger partial charge is 0.480 e. The van der Waals surface area contributed by atoms with E-state index in [2.05, 4.69) is 32.3 Å². The molecule has 0 radical (unpaired) electrons. The molecule has 1 atom stereocenters. The maximum absolute atomic E-state index is 10.4. The van der Waals surface area contributed by atoms with Crippen molar-refractivity contribution >= 4 is 5.82 Å². The summed E-state index contributed by atoms with van der Waals surface area (Å²) >= 11 is 0. The van der Waals surface area contributed by atoms with Crippen LogP contribution >= 0.6 is 0 Å². The second-order valence-corrected chi connectivity index (χ2v) is 7.02. The van der Waals surface area contributed by atoms with Crippen LogP contribution in [0.25, 0.3) is 5.82 Å². The van der Waals surface area contributed by atoms with Gasteiger partial charge in [0.1, 0.15) is 5.82 Å². The molecule has 0 saturated carbocycles. The van der Waals surface area contributed by atoms with Gasteiger partial charge in [0, 0.05) is 13.7 Å². The molecule has 2 aliphatic heterocycles. The highest BCUT2D eigenvalue weighted by atomic mass is 16.5. The van der Waals surface area contributed by atoms with E-state index in [0.29, 0.717) is 36.4 Å². The van der Waals surface area contributed by atoms with Gasteiger partial charge in [0.05, 0.1) is 19.8 Å². The number of benzene rings is 1. The summed E-state index contributed by atoms with van der Waals surface area (Å²) in [5, 5.41) is 13.7. The molecule has 1 fully saturated rings. The van der Waals surface area contributed by atoms with Crippen LogP contribution in [0, 0.1) is 0 Å². The van der Waals surface area contributed by atoms with Gasteiger partial charge in [-0.1, -0.05) is 24.3 Å². The van der Waals surface area contributed by atoms with Crippen molar-refractivity contribution in [3.05, 3.63) is 46.2 Å². The number of aromatic nitrogens is 2. The third kappa shape index (κ3) is 3.96. The lowest BCUT2D eigenvalue weighted by atomic mass is 10.1. The third-order valence-electron chi connectivity index (χ3n) is 4.94. The lowest BCUT2D eigenvalue weighted by Gasteiger charge is -2.30. The highest BCUT2D eigenvalue weighted by molar-refractivity contribution is 5.37. The molecule has 9 heteroatoms. The lowest BCUT2D eigenvalue weighted by Crippen LogP contribution is -2.49. The molecule has 1 aromatic heterocycles. The summed E-state index contributed by atoms with van der Waals surface area (Å²) in [5.74, 6) is 0.327. The normalized spacial score (nSPS) is 18.9. The summed E-state index contributed by atoms with van der Waals surface area (Å²) < 4.78 is 12.3. The molecular formula is C19H26N6O3. The van der Waals surface area contributed by atoms with E-state index in [1.54, 1.807) is 11.7 Å². The summed E-state index contributed by atoms with van der Waals surface area (Å²) in [7, 11) is 1.61. The van der Waals surface area contributed by atoms with Crippen molar-refractivity contribution < 1.29 is 14.6 Å². The van der Waals surface area contributed by atoms with Crippen LogP contribution in [0.5, 0.6) is 6.01 Å². The Morgan fingerprint density at radius 3 is 2.75 bits per heavy atom. The Morgan fingerprint density at radius 2 is 2.04 bits per heavy atom. The van der Waals surface area contributed by atoms with Crippen LogP contribution in [-0.4, -0.2) is 59.3 Å². The van der Waals surface area contributed by atoms with E-state index < -0.39 is 6.35 Å². The second-order valence-electron chi connectivity index (χ2n) is 7.02. The Kier molecular flexibility index (Phi) is 5.47. The fraction of sp³-hybridized carbons (Fsp3) is 0.474. The number of aromatic hydroxyl groups is 1. The molecule has 0 spiro atoms. The number of nitrogens with two attached hydrogens (primary N) is 1.